The van der Waals surface area contributed by atoms with Gasteiger partial charge in [0.15, 0.2) is 0 Å². The molecule has 0 saturated heterocycles. The molecule has 0 atom stereocenters. The van der Waals surface area contributed by atoms with E-state index in [1.54, 1.807) is 0 Å². The average molecular weight is 321 g/mol. The zero-order chi connectivity index (χ0) is 13.8. The second kappa shape index (κ2) is 6.17. The molecule has 0 spiro atoms. The average Bonchev–Trinajstić information content (AvgIpc) is 2.93. The van der Waals surface area contributed by atoms with Crippen molar-refractivity contribution in [3.8, 4) is 0 Å². The van der Waals surface area contributed by atoms with Gasteiger partial charge in [-0.05, 0) is 12.1 Å². The summed E-state index contributed by atoms with van der Waals surface area (Å²) >= 11 is 6.18. The Hall–Kier alpha value is -1.69. The van der Waals surface area contributed by atoms with Crippen LogP contribution in [0.25, 0.3) is 0 Å². The molecule has 0 aliphatic heterocycles. The zero-order valence-corrected chi connectivity index (χ0v) is 12.8. The van der Waals surface area contributed by atoms with Crippen molar-refractivity contribution in [3.05, 3.63) is 70.5 Å². The van der Waals surface area contributed by atoms with Crippen LogP contribution in [0.3, 0.4) is 0 Å². The highest BCUT2D eigenvalue weighted by molar-refractivity contribution is 7.66. The van der Waals surface area contributed by atoms with Gasteiger partial charge in [0.2, 0.25) is 10.8 Å². The lowest BCUT2D eigenvalue weighted by atomic mass is 10.3. The summed E-state index contributed by atoms with van der Waals surface area (Å²) in [6, 6.07) is 20.0. The van der Waals surface area contributed by atoms with Crippen LogP contribution in [0.2, 0.25) is 5.15 Å². The first-order chi connectivity index (χ1) is 9.84. The number of halogens is 1. The van der Waals surface area contributed by atoms with Crippen LogP contribution in [-0.4, -0.2) is 4.37 Å². The minimum Gasteiger partial charge on any atom is -0.162 e. The number of aromatic nitrogens is 1. The third kappa shape index (κ3) is 2.90. The molecule has 6 heteroatoms. The molecule has 0 saturated carbocycles. The first-order valence-corrected chi connectivity index (χ1v) is 8.44. The second-order valence-electron chi connectivity index (χ2n) is 3.99. The fourth-order valence-corrected chi connectivity index (χ4v) is 3.97. The van der Waals surface area contributed by atoms with Gasteiger partial charge in [-0.25, -0.2) is 0 Å². The van der Waals surface area contributed by atoms with Gasteiger partial charge < -0.3 is 0 Å². The van der Waals surface area contributed by atoms with Crippen molar-refractivity contribution < 1.29 is 0 Å². The first kappa shape index (κ1) is 13.3. The highest BCUT2D eigenvalue weighted by atomic mass is 35.5. The largest absolute Gasteiger partial charge is 0.340 e. The molecule has 0 aliphatic rings. The fourth-order valence-electron chi connectivity index (χ4n) is 1.74. The summed E-state index contributed by atoms with van der Waals surface area (Å²) in [5.74, 6) is 0. The van der Waals surface area contributed by atoms with Gasteiger partial charge in [0.05, 0.1) is 5.69 Å². The molecule has 0 amide bonds. The van der Waals surface area contributed by atoms with Crippen molar-refractivity contribution in [1.82, 2.24) is 9.06 Å². The number of hydrazine groups is 1. The molecule has 100 valence electrons. The summed E-state index contributed by atoms with van der Waals surface area (Å²) in [5, 5.41) is 0.507. The van der Waals surface area contributed by atoms with Gasteiger partial charge in [0, 0.05) is 33.0 Å². The van der Waals surface area contributed by atoms with Crippen molar-refractivity contribution in [3.63, 3.8) is 0 Å². The first-order valence-electron chi connectivity index (χ1n) is 5.96. The molecule has 1 N–H and O–H groups in total. The van der Waals surface area contributed by atoms with Crippen molar-refractivity contribution in [2.24, 2.45) is 0 Å². The van der Waals surface area contributed by atoms with Crippen molar-refractivity contribution in [2.45, 2.75) is 0 Å². The Morgan fingerprint density at radius 1 is 0.950 bits per heavy atom. The Morgan fingerprint density at radius 3 is 2.20 bits per heavy atom. The lowest BCUT2D eigenvalue weighted by molar-refractivity contribution is 0.885. The molecular weight excluding hydrogens is 310 g/mol. The van der Waals surface area contributed by atoms with Crippen LogP contribution >= 0.6 is 32.5 Å². The standard InChI is InChI=1S/C14H11ClN3S2/c15-13-14(19-20-17-13)18(12-9-5-2-6-10-12)16-11-7-3-1-4-8-11/h1-10,16H/q+1/b18-14+. The Kier molecular flexibility index (Phi) is 4.11. The van der Waals surface area contributed by atoms with Gasteiger partial charge in [-0.15, -0.1) is 0 Å². The van der Waals surface area contributed by atoms with E-state index in [0.29, 0.717) is 5.15 Å². The highest BCUT2D eigenvalue weighted by Crippen LogP contribution is 2.14. The third-order valence-electron chi connectivity index (χ3n) is 2.64. The molecule has 0 aliphatic carbocycles. The maximum Gasteiger partial charge on any atom is 0.340 e. The van der Waals surface area contributed by atoms with Crippen LogP contribution in [-0.2, 0) is 0 Å². The van der Waals surface area contributed by atoms with Gasteiger partial charge in [-0.3, -0.25) is 0 Å². The van der Waals surface area contributed by atoms with E-state index in [9.17, 15) is 0 Å². The van der Waals surface area contributed by atoms with E-state index < -0.39 is 0 Å². The Morgan fingerprint density at radius 2 is 1.60 bits per heavy atom. The summed E-state index contributed by atoms with van der Waals surface area (Å²) < 4.78 is 6.98. The predicted octanol–water partition coefficient (Wildman–Crippen LogP) is 3.99. The molecule has 3 nitrogen and oxygen atoms in total. The molecular formula is C14H11ClN3S2+. The maximum atomic E-state index is 6.18. The quantitative estimate of drug-likeness (QED) is 0.449. The molecule has 0 bridgehead atoms. The molecule has 0 unspecified atom stereocenters. The zero-order valence-electron chi connectivity index (χ0n) is 10.4. The number of hydrogen-bond acceptors (Lipinski definition) is 4. The lowest BCUT2D eigenvalue weighted by Crippen LogP contribution is -2.29. The number of para-hydroxylation sites is 2. The molecule has 1 aromatic heterocycles. The number of rotatable bonds is 3. The summed E-state index contributed by atoms with van der Waals surface area (Å²) in [6.07, 6.45) is 0. The summed E-state index contributed by atoms with van der Waals surface area (Å²) in [5.41, 5.74) is 5.36. The van der Waals surface area contributed by atoms with Crippen molar-refractivity contribution >= 4 is 43.9 Å². The van der Waals surface area contributed by atoms with Crippen molar-refractivity contribution in [2.75, 3.05) is 5.43 Å². The maximum absolute atomic E-state index is 6.18. The topological polar surface area (TPSA) is 27.9 Å². The predicted molar refractivity (Wildman–Crippen MR) is 86.4 cm³/mol. The lowest BCUT2D eigenvalue weighted by Gasteiger charge is -2.03. The Labute approximate surface area is 129 Å². The molecule has 3 rings (SSSR count). The summed E-state index contributed by atoms with van der Waals surface area (Å²) in [4.78, 5) is 0. The van der Waals surface area contributed by atoms with E-state index in [1.807, 2.05) is 65.3 Å². The number of benzene rings is 2. The number of hydrogen-bond donors (Lipinski definition) is 1. The van der Waals surface area contributed by atoms with E-state index in [1.165, 1.54) is 20.9 Å². The molecule has 0 radical (unpaired) electrons. The number of nitrogens with one attached hydrogen (secondary N) is 1. The minimum atomic E-state index is 0.507. The summed E-state index contributed by atoms with van der Waals surface area (Å²) in [6.45, 7) is 0. The van der Waals surface area contributed by atoms with Crippen LogP contribution in [0, 0.1) is 0 Å². The summed E-state index contributed by atoms with van der Waals surface area (Å²) in [7, 11) is 2.91. The van der Waals surface area contributed by atoms with Crippen LogP contribution < -0.4 is 14.8 Å². The van der Waals surface area contributed by atoms with Gasteiger partial charge in [-0.1, -0.05) is 52.7 Å². The van der Waals surface area contributed by atoms with Gasteiger partial charge in [0.25, 0.3) is 0 Å². The van der Waals surface area contributed by atoms with Crippen LogP contribution in [0.15, 0.2) is 60.7 Å². The van der Waals surface area contributed by atoms with Gasteiger partial charge in [-0.2, -0.15) is 9.80 Å². The third-order valence-corrected chi connectivity index (χ3v) is 4.90. The number of nitrogens with zero attached hydrogens (tertiary/aromatic N) is 2. The molecule has 0 fully saturated rings. The van der Waals surface area contributed by atoms with E-state index in [0.717, 1.165) is 16.0 Å². The molecule has 2 aromatic carbocycles. The number of anilines is 1. The van der Waals surface area contributed by atoms with Crippen molar-refractivity contribution in [1.29, 1.82) is 0 Å². The van der Waals surface area contributed by atoms with E-state index in [4.69, 9.17) is 11.6 Å². The van der Waals surface area contributed by atoms with Gasteiger partial charge in [0.1, 0.15) is 0 Å². The molecule has 3 aromatic rings. The SMILES string of the molecule is Clc1nss/c1=[N+](/Nc1ccccc1)c1ccccc1. The Bertz CT molecular complexity index is 751. The van der Waals surface area contributed by atoms with Crippen LogP contribution in [0.1, 0.15) is 0 Å². The Balaban J connectivity index is 2.14. The minimum absolute atomic E-state index is 0.507. The molecule has 1 heterocycles. The fraction of sp³-hybridized carbons (Fsp3) is 0. The van der Waals surface area contributed by atoms with E-state index in [-0.39, 0.29) is 0 Å². The van der Waals surface area contributed by atoms with E-state index in [2.05, 4.69) is 9.80 Å². The highest BCUT2D eigenvalue weighted by Gasteiger charge is 2.16. The monoisotopic (exact) mass is 320 g/mol. The molecule has 20 heavy (non-hydrogen) atoms. The van der Waals surface area contributed by atoms with Gasteiger partial charge >= 0.3 is 4.67 Å². The van der Waals surface area contributed by atoms with E-state index >= 15 is 0 Å². The van der Waals surface area contributed by atoms with Crippen LogP contribution in [0.4, 0.5) is 11.4 Å². The van der Waals surface area contributed by atoms with Crippen LogP contribution in [0.5, 0.6) is 0 Å². The smallest absolute Gasteiger partial charge is 0.162 e. The normalized spacial score (nSPS) is 12.1. The second-order valence-corrected chi connectivity index (χ2v) is 6.18.